The first-order valence-electron chi connectivity index (χ1n) is 4.92. The summed E-state index contributed by atoms with van der Waals surface area (Å²) in [5, 5.41) is 0.381. The summed E-state index contributed by atoms with van der Waals surface area (Å²) in [5.74, 6) is 0.512. The number of ether oxygens (including phenoxy) is 1. The van der Waals surface area contributed by atoms with Gasteiger partial charge in [-0.25, -0.2) is 0 Å². The van der Waals surface area contributed by atoms with Gasteiger partial charge in [0.05, 0.1) is 0 Å². The van der Waals surface area contributed by atoms with Gasteiger partial charge in [-0.3, -0.25) is 0 Å². The Balaban J connectivity index is 1.84. The first kappa shape index (κ1) is 15.7. The Morgan fingerprint density at radius 3 is 1.80 bits per heavy atom. The summed E-state index contributed by atoms with van der Waals surface area (Å²) in [4.78, 5) is 22.5. The predicted octanol–water partition coefficient (Wildman–Crippen LogP) is 2.84. The molecule has 20 heavy (non-hydrogen) atoms. The van der Waals surface area contributed by atoms with E-state index in [0.717, 1.165) is 0 Å². The molecule has 0 fully saturated rings. The Kier molecular flexibility index (Phi) is 5.79. The Bertz CT molecular complexity index is 524. The maximum Gasteiger partial charge on any atom is 0.322 e. The molecule has 2 aromatic heterocycles. The fourth-order valence-corrected chi connectivity index (χ4v) is 2.48. The Morgan fingerprint density at radius 1 is 0.750 bits per heavy atom. The van der Waals surface area contributed by atoms with Crippen LogP contribution in [0.25, 0.3) is 0 Å². The lowest BCUT2D eigenvalue weighted by atomic mass is 10.8. The molecule has 0 spiro atoms. The minimum absolute atomic E-state index is 0.0319. The Morgan fingerprint density at radius 2 is 1.25 bits per heavy atom. The van der Waals surface area contributed by atoms with Crippen molar-refractivity contribution in [2.24, 2.45) is 0 Å². The van der Waals surface area contributed by atoms with E-state index in [4.69, 9.17) is 51.1 Å². The number of rotatable bonds is 5. The van der Waals surface area contributed by atoms with Gasteiger partial charge < -0.3 is 4.74 Å². The van der Waals surface area contributed by atoms with Crippen LogP contribution < -0.4 is 4.74 Å². The van der Waals surface area contributed by atoms with Crippen molar-refractivity contribution in [3.63, 3.8) is 0 Å². The highest BCUT2D eigenvalue weighted by atomic mass is 35.5. The summed E-state index contributed by atoms with van der Waals surface area (Å²) in [6.07, 6.45) is 0. The van der Waals surface area contributed by atoms with Crippen LogP contribution in [0.2, 0.25) is 21.1 Å². The predicted molar refractivity (Wildman–Crippen MR) is 75.9 cm³/mol. The summed E-state index contributed by atoms with van der Waals surface area (Å²) >= 11 is 23.8. The van der Waals surface area contributed by atoms with Crippen molar-refractivity contribution in [1.82, 2.24) is 29.9 Å². The van der Waals surface area contributed by atoms with Crippen LogP contribution in [0.15, 0.2) is 5.16 Å². The quantitative estimate of drug-likeness (QED) is 0.584. The van der Waals surface area contributed by atoms with E-state index < -0.39 is 0 Å². The second-order valence-corrected chi connectivity index (χ2v) is 5.42. The van der Waals surface area contributed by atoms with E-state index >= 15 is 0 Å². The van der Waals surface area contributed by atoms with Gasteiger partial charge in [-0.05, 0) is 46.4 Å². The smallest absolute Gasteiger partial charge is 0.322 e. The van der Waals surface area contributed by atoms with E-state index in [1.54, 1.807) is 0 Å². The average molecular weight is 374 g/mol. The first-order valence-corrected chi connectivity index (χ1v) is 7.42. The molecule has 106 valence electrons. The molecular weight excluding hydrogens is 370 g/mol. The van der Waals surface area contributed by atoms with Crippen LogP contribution in [0.5, 0.6) is 6.01 Å². The minimum Gasteiger partial charge on any atom is -0.462 e. The number of hydrogen-bond acceptors (Lipinski definition) is 8. The maximum absolute atomic E-state index is 5.65. The minimum atomic E-state index is -0.0383. The molecule has 0 aliphatic heterocycles. The highest BCUT2D eigenvalue weighted by Crippen LogP contribution is 2.17. The molecule has 2 rings (SSSR count). The number of halogens is 4. The van der Waals surface area contributed by atoms with Crippen molar-refractivity contribution in [2.45, 2.75) is 5.16 Å². The summed E-state index contributed by atoms with van der Waals surface area (Å²) in [5.41, 5.74) is 0. The fourth-order valence-electron chi connectivity index (χ4n) is 1.01. The molecule has 0 bridgehead atoms. The molecule has 0 aliphatic rings. The molecule has 2 heterocycles. The highest BCUT2D eigenvalue weighted by Gasteiger charge is 2.06. The van der Waals surface area contributed by atoms with E-state index in [1.165, 1.54) is 11.8 Å². The molecule has 0 aromatic carbocycles. The summed E-state index contributed by atoms with van der Waals surface area (Å²) in [6.45, 7) is 0.280. The van der Waals surface area contributed by atoms with Gasteiger partial charge in [0.2, 0.25) is 21.1 Å². The van der Waals surface area contributed by atoms with E-state index in [2.05, 4.69) is 29.9 Å². The van der Waals surface area contributed by atoms with Crippen molar-refractivity contribution in [1.29, 1.82) is 0 Å². The first-order chi connectivity index (χ1) is 9.52. The van der Waals surface area contributed by atoms with E-state index in [-0.39, 0.29) is 33.8 Å². The summed E-state index contributed by atoms with van der Waals surface area (Å²) in [7, 11) is 0. The summed E-state index contributed by atoms with van der Waals surface area (Å²) in [6, 6.07) is 0.0438. The third-order valence-corrected chi connectivity index (χ3v) is 3.15. The molecule has 7 nitrogen and oxygen atoms in total. The number of thioether (sulfide) groups is 1. The fraction of sp³-hybridized carbons (Fsp3) is 0.250. The van der Waals surface area contributed by atoms with Gasteiger partial charge in [-0.15, -0.1) is 0 Å². The molecular formula is C8H4Cl4N6OS. The Labute approximate surface area is 137 Å². The third-order valence-electron chi connectivity index (χ3n) is 1.67. The zero-order valence-electron chi connectivity index (χ0n) is 9.43. The largest absolute Gasteiger partial charge is 0.462 e. The molecule has 0 aliphatic carbocycles. The molecule has 12 heteroatoms. The second-order valence-electron chi connectivity index (χ2n) is 3.01. The van der Waals surface area contributed by atoms with Gasteiger partial charge >= 0.3 is 6.01 Å². The van der Waals surface area contributed by atoms with Crippen LogP contribution in [-0.2, 0) is 0 Å². The van der Waals surface area contributed by atoms with Crippen molar-refractivity contribution in [3.05, 3.63) is 21.1 Å². The molecule has 0 atom stereocenters. The number of hydrogen-bond donors (Lipinski definition) is 0. The molecule has 0 saturated heterocycles. The molecule has 0 radical (unpaired) electrons. The topological polar surface area (TPSA) is 86.6 Å². The monoisotopic (exact) mass is 372 g/mol. The van der Waals surface area contributed by atoms with Gasteiger partial charge in [0.15, 0.2) is 5.16 Å². The van der Waals surface area contributed by atoms with Crippen LogP contribution >= 0.6 is 58.2 Å². The van der Waals surface area contributed by atoms with Crippen LogP contribution in [0.4, 0.5) is 0 Å². The van der Waals surface area contributed by atoms with Gasteiger partial charge in [0.25, 0.3) is 0 Å². The van der Waals surface area contributed by atoms with E-state index in [1.807, 2.05) is 0 Å². The van der Waals surface area contributed by atoms with Crippen molar-refractivity contribution < 1.29 is 4.74 Å². The van der Waals surface area contributed by atoms with Gasteiger partial charge in [-0.1, -0.05) is 11.8 Å². The number of aromatic nitrogens is 6. The average Bonchev–Trinajstić information content (AvgIpc) is 2.32. The number of nitrogens with zero attached hydrogens (tertiary/aromatic N) is 6. The van der Waals surface area contributed by atoms with Crippen LogP contribution in [0.3, 0.4) is 0 Å². The molecule has 0 amide bonds. The molecule has 2 aromatic rings. The van der Waals surface area contributed by atoms with Crippen molar-refractivity contribution >= 4 is 58.2 Å². The van der Waals surface area contributed by atoms with Gasteiger partial charge in [0, 0.05) is 5.75 Å². The zero-order valence-corrected chi connectivity index (χ0v) is 13.3. The van der Waals surface area contributed by atoms with Crippen LogP contribution in [0, 0.1) is 0 Å². The van der Waals surface area contributed by atoms with Crippen molar-refractivity contribution in [3.8, 4) is 6.01 Å². The molecule has 0 N–H and O–H groups in total. The van der Waals surface area contributed by atoms with E-state index in [0.29, 0.717) is 10.9 Å². The zero-order chi connectivity index (χ0) is 14.5. The van der Waals surface area contributed by atoms with Gasteiger partial charge in [-0.2, -0.15) is 29.9 Å². The Hall–Kier alpha value is -0.670. The van der Waals surface area contributed by atoms with Crippen molar-refractivity contribution in [2.75, 3.05) is 12.4 Å². The lowest BCUT2D eigenvalue weighted by Crippen LogP contribution is -2.05. The maximum atomic E-state index is 5.65. The van der Waals surface area contributed by atoms with Crippen LogP contribution in [0.1, 0.15) is 0 Å². The standard InChI is InChI=1S/C8H4Cl4N6OS/c9-3-13-4(10)16-7(15-3)19-1-2-20-8-17-5(11)14-6(12)18-8/h1-2H2. The summed E-state index contributed by atoms with van der Waals surface area (Å²) < 4.78 is 5.26. The molecule has 0 unspecified atom stereocenters. The second kappa shape index (κ2) is 7.37. The lowest BCUT2D eigenvalue weighted by molar-refractivity contribution is 0.314. The normalized spacial score (nSPS) is 10.6. The third kappa shape index (κ3) is 5.02. The molecule has 0 saturated carbocycles. The van der Waals surface area contributed by atoms with Gasteiger partial charge in [0.1, 0.15) is 6.61 Å². The highest BCUT2D eigenvalue weighted by molar-refractivity contribution is 7.99. The lowest BCUT2D eigenvalue weighted by Gasteiger charge is -2.04. The SMILES string of the molecule is Clc1nc(Cl)nc(OCCSc2nc(Cl)nc(Cl)n2)n1. The van der Waals surface area contributed by atoms with E-state index in [9.17, 15) is 0 Å². The van der Waals surface area contributed by atoms with Crippen LogP contribution in [-0.4, -0.2) is 42.3 Å².